The fourth-order valence-electron chi connectivity index (χ4n) is 4.08. The second-order valence-electron chi connectivity index (χ2n) is 6.60. The molecule has 2 aromatic rings. The number of benzene rings is 1. The lowest BCUT2D eigenvalue weighted by Gasteiger charge is -2.38. The van der Waals surface area contributed by atoms with E-state index in [0.29, 0.717) is 23.1 Å². The summed E-state index contributed by atoms with van der Waals surface area (Å²) >= 11 is 6.15. The molecule has 2 saturated heterocycles. The van der Waals surface area contributed by atoms with E-state index in [9.17, 15) is 4.79 Å². The maximum absolute atomic E-state index is 12.7. The standard InChI is InChI=1S/C19H20ClN3O/c20-18-5-2-1-4-14(18)6-9-19(24)23-15-7-8-16(23)13-17(12-15)22-11-3-10-21-22/h1-6,9-11,15-17H,7-8,12-13H2. The number of piperidine rings is 1. The third-order valence-corrected chi connectivity index (χ3v) is 5.52. The van der Waals surface area contributed by atoms with E-state index in [0.717, 1.165) is 31.2 Å². The van der Waals surface area contributed by atoms with Crippen molar-refractivity contribution in [2.45, 2.75) is 43.8 Å². The maximum atomic E-state index is 12.7. The van der Waals surface area contributed by atoms with Crippen LogP contribution in [0.1, 0.15) is 37.3 Å². The summed E-state index contributed by atoms with van der Waals surface area (Å²) < 4.78 is 2.05. The van der Waals surface area contributed by atoms with Crippen LogP contribution in [-0.2, 0) is 4.79 Å². The molecule has 4 rings (SSSR count). The van der Waals surface area contributed by atoms with Gasteiger partial charge >= 0.3 is 0 Å². The van der Waals surface area contributed by atoms with Gasteiger partial charge in [-0.15, -0.1) is 0 Å². The molecule has 3 heterocycles. The van der Waals surface area contributed by atoms with Crippen molar-refractivity contribution in [3.8, 4) is 0 Å². The molecule has 0 spiro atoms. The van der Waals surface area contributed by atoms with Crippen LogP contribution in [0.4, 0.5) is 0 Å². The zero-order valence-electron chi connectivity index (χ0n) is 13.4. The fourth-order valence-corrected chi connectivity index (χ4v) is 4.28. The quantitative estimate of drug-likeness (QED) is 0.793. The molecule has 124 valence electrons. The molecule has 2 bridgehead atoms. The lowest BCUT2D eigenvalue weighted by Crippen LogP contribution is -2.46. The molecule has 2 aliphatic rings. The number of rotatable bonds is 3. The van der Waals surface area contributed by atoms with Crippen LogP contribution in [0.2, 0.25) is 5.02 Å². The molecule has 4 nitrogen and oxygen atoms in total. The highest BCUT2D eigenvalue weighted by Gasteiger charge is 2.43. The molecule has 0 aliphatic carbocycles. The van der Waals surface area contributed by atoms with Gasteiger partial charge in [-0.2, -0.15) is 5.10 Å². The Bertz CT molecular complexity index is 742. The highest BCUT2D eigenvalue weighted by molar-refractivity contribution is 6.32. The normalized spacial score (nSPS) is 26.2. The van der Waals surface area contributed by atoms with Crippen LogP contribution in [-0.4, -0.2) is 32.7 Å². The Morgan fingerprint density at radius 3 is 2.54 bits per heavy atom. The van der Waals surface area contributed by atoms with Crippen LogP contribution in [0, 0.1) is 0 Å². The first-order valence-electron chi connectivity index (χ1n) is 8.46. The summed E-state index contributed by atoms with van der Waals surface area (Å²) in [6.45, 7) is 0. The first-order valence-corrected chi connectivity index (χ1v) is 8.84. The molecule has 2 unspecified atom stereocenters. The molecule has 1 aromatic heterocycles. The van der Waals surface area contributed by atoms with Crippen molar-refractivity contribution in [1.82, 2.24) is 14.7 Å². The Morgan fingerprint density at radius 2 is 1.88 bits per heavy atom. The Balaban J connectivity index is 1.47. The minimum absolute atomic E-state index is 0.0985. The SMILES string of the molecule is O=C(C=Cc1ccccc1Cl)N1C2CCC1CC(n1cccn1)C2. The van der Waals surface area contributed by atoms with Crippen molar-refractivity contribution < 1.29 is 4.79 Å². The summed E-state index contributed by atoms with van der Waals surface area (Å²) in [5, 5.41) is 5.05. The largest absolute Gasteiger partial charge is 0.333 e. The molecular formula is C19H20ClN3O. The molecular weight excluding hydrogens is 322 g/mol. The topological polar surface area (TPSA) is 38.1 Å². The zero-order chi connectivity index (χ0) is 16.5. The molecule has 2 atom stereocenters. The third kappa shape index (κ3) is 2.86. The van der Waals surface area contributed by atoms with E-state index >= 15 is 0 Å². The Kier molecular flexibility index (Phi) is 4.15. The van der Waals surface area contributed by atoms with Gasteiger partial charge in [0.2, 0.25) is 5.91 Å². The van der Waals surface area contributed by atoms with Crippen LogP contribution in [0.25, 0.3) is 6.08 Å². The summed E-state index contributed by atoms with van der Waals surface area (Å²) in [6, 6.07) is 10.6. The van der Waals surface area contributed by atoms with E-state index in [1.807, 2.05) is 53.5 Å². The molecule has 2 aliphatic heterocycles. The van der Waals surface area contributed by atoms with Gasteiger partial charge in [0.25, 0.3) is 0 Å². The molecule has 0 N–H and O–H groups in total. The lowest BCUT2D eigenvalue weighted by molar-refractivity contribution is -0.130. The molecule has 2 fully saturated rings. The third-order valence-electron chi connectivity index (χ3n) is 5.17. The molecule has 1 amide bonds. The average Bonchev–Trinajstić information content (AvgIpc) is 3.21. The molecule has 5 heteroatoms. The smallest absolute Gasteiger partial charge is 0.247 e. The van der Waals surface area contributed by atoms with Crippen molar-refractivity contribution in [2.75, 3.05) is 0 Å². The van der Waals surface area contributed by atoms with Crippen LogP contribution < -0.4 is 0 Å². The van der Waals surface area contributed by atoms with Gasteiger partial charge < -0.3 is 4.90 Å². The predicted molar refractivity (Wildman–Crippen MR) is 94.6 cm³/mol. The monoisotopic (exact) mass is 341 g/mol. The number of hydrogen-bond acceptors (Lipinski definition) is 2. The van der Waals surface area contributed by atoms with Gasteiger partial charge in [0.05, 0.1) is 6.04 Å². The number of aromatic nitrogens is 2. The number of amides is 1. The summed E-state index contributed by atoms with van der Waals surface area (Å²) in [6.07, 6.45) is 11.5. The summed E-state index contributed by atoms with van der Waals surface area (Å²) in [7, 11) is 0. The fraction of sp³-hybridized carbons (Fsp3) is 0.368. The summed E-state index contributed by atoms with van der Waals surface area (Å²) in [5.74, 6) is 0.0985. The van der Waals surface area contributed by atoms with Gasteiger partial charge in [-0.1, -0.05) is 29.8 Å². The Labute approximate surface area is 146 Å². The first kappa shape index (κ1) is 15.5. The van der Waals surface area contributed by atoms with Gasteiger partial charge in [-0.05, 0) is 49.5 Å². The Hall–Kier alpha value is -2.07. The van der Waals surface area contributed by atoms with Crippen LogP contribution in [0.5, 0.6) is 0 Å². The van der Waals surface area contributed by atoms with Crippen LogP contribution in [0.3, 0.4) is 0 Å². The second kappa shape index (κ2) is 6.44. The maximum Gasteiger partial charge on any atom is 0.247 e. The molecule has 0 radical (unpaired) electrons. The number of fused-ring (bicyclic) bond motifs is 2. The van der Waals surface area contributed by atoms with Gasteiger partial charge in [-0.25, -0.2) is 0 Å². The molecule has 0 saturated carbocycles. The highest BCUT2D eigenvalue weighted by atomic mass is 35.5. The number of carbonyl (C=O) groups is 1. The number of carbonyl (C=O) groups excluding carboxylic acids is 1. The van der Waals surface area contributed by atoms with E-state index in [1.165, 1.54) is 0 Å². The van der Waals surface area contributed by atoms with Gasteiger partial charge in [-0.3, -0.25) is 9.48 Å². The zero-order valence-corrected chi connectivity index (χ0v) is 14.1. The van der Waals surface area contributed by atoms with E-state index in [1.54, 1.807) is 6.08 Å². The molecule has 1 aromatic carbocycles. The average molecular weight is 342 g/mol. The summed E-state index contributed by atoms with van der Waals surface area (Å²) in [4.78, 5) is 14.8. The summed E-state index contributed by atoms with van der Waals surface area (Å²) in [5.41, 5.74) is 0.881. The van der Waals surface area contributed by atoms with E-state index in [-0.39, 0.29) is 5.91 Å². The van der Waals surface area contributed by atoms with Crippen molar-refractivity contribution in [3.63, 3.8) is 0 Å². The second-order valence-corrected chi connectivity index (χ2v) is 7.00. The van der Waals surface area contributed by atoms with Crippen molar-refractivity contribution in [2.24, 2.45) is 0 Å². The van der Waals surface area contributed by atoms with Gasteiger partial charge in [0.1, 0.15) is 0 Å². The van der Waals surface area contributed by atoms with Crippen molar-refractivity contribution in [3.05, 3.63) is 59.4 Å². The van der Waals surface area contributed by atoms with Crippen LogP contribution in [0.15, 0.2) is 48.8 Å². The van der Waals surface area contributed by atoms with Gasteiger partial charge in [0.15, 0.2) is 0 Å². The predicted octanol–water partition coefficient (Wildman–Crippen LogP) is 3.94. The molecule has 24 heavy (non-hydrogen) atoms. The minimum atomic E-state index is 0.0985. The lowest BCUT2D eigenvalue weighted by atomic mass is 9.97. The van der Waals surface area contributed by atoms with Crippen LogP contribution >= 0.6 is 11.6 Å². The number of halogens is 1. The van der Waals surface area contributed by atoms with E-state index < -0.39 is 0 Å². The van der Waals surface area contributed by atoms with E-state index in [4.69, 9.17) is 11.6 Å². The first-order chi connectivity index (χ1) is 11.7. The van der Waals surface area contributed by atoms with E-state index in [2.05, 4.69) is 10.00 Å². The minimum Gasteiger partial charge on any atom is -0.333 e. The number of nitrogens with zero attached hydrogens (tertiary/aromatic N) is 3. The van der Waals surface area contributed by atoms with Crippen molar-refractivity contribution in [1.29, 1.82) is 0 Å². The Morgan fingerprint density at radius 1 is 1.12 bits per heavy atom. The number of hydrogen-bond donors (Lipinski definition) is 0. The van der Waals surface area contributed by atoms with Gasteiger partial charge in [0, 0.05) is 35.6 Å². The highest BCUT2D eigenvalue weighted by Crippen LogP contribution is 2.40. The van der Waals surface area contributed by atoms with Crippen molar-refractivity contribution >= 4 is 23.6 Å².